The minimum Gasteiger partial charge on any atom is -0.387 e. The Morgan fingerprint density at radius 3 is 2.60 bits per heavy atom. The largest absolute Gasteiger partial charge is 0.387 e. The zero-order valence-corrected chi connectivity index (χ0v) is 12.7. The van der Waals surface area contributed by atoms with Crippen LogP contribution in [0.4, 0.5) is 4.79 Å². The first-order valence-electron chi connectivity index (χ1n) is 7.39. The molecule has 2 fully saturated rings. The molecule has 2 N–H and O–H groups in total. The van der Waals surface area contributed by atoms with Crippen molar-refractivity contribution in [2.24, 2.45) is 15.7 Å². The van der Waals surface area contributed by atoms with E-state index in [0.29, 0.717) is 18.3 Å². The summed E-state index contributed by atoms with van der Waals surface area (Å²) in [5.41, 5.74) is 5.59. The number of urea groups is 1. The average molecular weight is 279 g/mol. The fourth-order valence-corrected chi connectivity index (χ4v) is 2.90. The van der Waals surface area contributed by atoms with Crippen LogP contribution in [0, 0.1) is 0 Å². The molecular formula is C14H25N5O. The Balaban J connectivity index is 1.95. The van der Waals surface area contributed by atoms with E-state index in [2.05, 4.69) is 28.7 Å². The smallest absolute Gasteiger partial charge is 0.345 e. The first-order chi connectivity index (χ1) is 9.48. The Labute approximate surface area is 120 Å². The lowest BCUT2D eigenvalue weighted by Crippen LogP contribution is -2.62. The number of carbonyl (C=O) groups is 1. The number of nitrogens with two attached hydrogens (primary N) is 1. The molecule has 0 aromatic rings. The van der Waals surface area contributed by atoms with Crippen LogP contribution in [-0.2, 0) is 0 Å². The molecule has 0 aromatic carbocycles. The predicted molar refractivity (Wildman–Crippen MR) is 81.2 cm³/mol. The van der Waals surface area contributed by atoms with Crippen molar-refractivity contribution >= 4 is 18.2 Å². The highest BCUT2D eigenvalue weighted by molar-refractivity contribution is 5.91. The van der Waals surface area contributed by atoms with E-state index in [1.807, 2.05) is 11.8 Å². The third-order valence-corrected chi connectivity index (χ3v) is 4.45. The van der Waals surface area contributed by atoms with Crippen LogP contribution in [-0.4, -0.2) is 59.2 Å². The third kappa shape index (κ3) is 2.85. The molecule has 0 bridgehead atoms. The Hall–Kier alpha value is -1.43. The summed E-state index contributed by atoms with van der Waals surface area (Å²) in [7, 11) is 0. The van der Waals surface area contributed by atoms with Crippen LogP contribution in [0.15, 0.2) is 9.98 Å². The highest BCUT2D eigenvalue weighted by atomic mass is 16.2. The van der Waals surface area contributed by atoms with Crippen molar-refractivity contribution in [3.63, 3.8) is 0 Å². The van der Waals surface area contributed by atoms with E-state index in [4.69, 9.17) is 5.73 Å². The Kier molecular flexibility index (Phi) is 4.42. The summed E-state index contributed by atoms with van der Waals surface area (Å²) >= 11 is 0. The molecule has 2 heterocycles. The van der Waals surface area contributed by atoms with Gasteiger partial charge in [-0.3, -0.25) is 4.90 Å². The minimum absolute atomic E-state index is 0.0126. The molecule has 1 unspecified atom stereocenters. The Morgan fingerprint density at radius 1 is 1.40 bits per heavy atom. The molecule has 6 heteroatoms. The molecule has 0 aliphatic carbocycles. The molecule has 2 aliphatic heterocycles. The summed E-state index contributed by atoms with van der Waals surface area (Å²) in [5, 5.41) is 0. The number of hydrogen-bond acceptors (Lipinski definition) is 2. The normalized spacial score (nSPS) is 27.8. The van der Waals surface area contributed by atoms with E-state index >= 15 is 0 Å². The van der Waals surface area contributed by atoms with E-state index in [1.165, 1.54) is 6.34 Å². The molecule has 2 aliphatic rings. The summed E-state index contributed by atoms with van der Waals surface area (Å²) in [4.78, 5) is 24.3. The lowest BCUT2D eigenvalue weighted by molar-refractivity contribution is 0.0328. The minimum atomic E-state index is -0.186. The van der Waals surface area contributed by atoms with Gasteiger partial charge in [0, 0.05) is 32.1 Å². The number of amides is 2. The molecule has 1 atom stereocenters. The third-order valence-electron chi connectivity index (χ3n) is 4.45. The topological polar surface area (TPSA) is 74.3 Å². The SMILES string of the molecule is CCC(N)=N/C=N/C(=O)N1CCC12CCN(C(C)C)C2. The van der Waals surface area contributed by atoms with Crippen molar-refractivity contribution in [1.29, 1.82) is 0 Å². The molecule has 2 amide bonds. The zero-order valence-electron chi connectivity index (χ0n) is 12.7. The summed E-state index contributed by atoms with van der Waals surface area (Å²) in [6.45, 7) is 9.14. The lowest BCUT2D eigenvalue weighted by Gasteiger charge is -2.49. The standard InChI is InChI=1S/C14H25N5O/c1-4-12(15)16-10-17-13(20)19-8-6-14(19)5-7-18(9-14)11(2)3/h10-11H,4-9H2,1-3H3,(H2,15,16,17,20). The van der Waals surface area contributed by atoms with Crippen LogP contribution >= 0.6 is 0 Å². The molecule has 0 saturated carbocycles. The number of hydrogen-bond donors (Lipinski definition) is 1. The van der Waals surface area contributed by atoms with Crippen LogP contribution in [0.5, 0.6) is 0 Å². The van der Waals surface area contributed by atoms with Gasteiger partial charge in [-0.05, 0) is 26.7 Å². The monoisotopic (exact) mass is 279 g/mol. The summed E-state index contributed by atoms with van der Waals surface area (Å²) < 4.78 is 0. The number of likely N-dealkylation sites (tertiary alicyclic amines) is 2. The van der Waals surface area contributed by atoms with Crippen LogP contribution in [0.2, 0.25) is 0 Å². The maximum Gasteiger partial charge on any atom is 0.345 e. The number of rotatable bonds is 3. The van der Waals surface area contributed by atoms with Crippen molar-refractivity contribution < 1.29 is 4.79 Å². The molecule has 112 valence electrons. The van der Waals surface area contributed by atoms with Crippen LogP contribution < -0.4 is 5.73 Å². The van der Waals surface area contributed by atoms with Gasteiger partial charge in [-0.2, -0.15) is 4.99 Å². The van der Waals surface area contributed by atoms with Crippen molar-refractivity contribution in [2.75, 3.05) is 19.6 Å². The number of amidine groups is 1. The quantitative estimate of drug-likeness (QED) is 0.628. The summed E-state index contributed by atoms with van der Waals surface area (Å²) in [6, 6.07) is 0.346. The van der Waals surface area contributed by atoms with Crippen LogP contribution in [0.3, 0.4) is 0 Å². The number of aliphatic imine (C=N–C) groups is 2. The van der Waals surface area contributed by atoms with Crippen molar-refractivity contribution in [3.05, 3.63) is 0 Å². The van der Waals surface area contributed by atoms with Gasteiger partial charge in [-0.25, -0.2) is 9.79 Å². The first-order valence-corrected chi connectivity index (χ1v) is 7.39. The van der Waals surface area contributed by atoms with Gasteiger partial charge in [0.15, 0.2) is 0 Å². The van der Waals surface area contributed by atoms with E-state index in [1.54, 1.807) is 0 Å². The maximum atomic E-state index is 12.1. The van der Waals surface area contributed by atoms with Gasteiger partial charge in [0.05, 0.1) is 5.54 Å². The molecule has 20 heavy (non-hydrogen) atoms. The number of carbonyl (C=O) groups excluding carboxylic acids is 1. The van der Waals surface area contributed by atoms with Crippen molar-refractivity contribution in [3.8, 4) is 0 Å². The zero-order chi connectivity index (χ0) is 14.8. The second-order valence-electron chi connectivity index (χ2n) is 5.94. The second-order valence-corrected chi connectivity index (χ2v) is 5.94. The van der Waals surface area contributed by atoms with Gasteiger partial charge in [0.25, 0.3) is 0 Å². The van der Waals surface area contributed by atoms with Gasteiger partial charge in [-0.15, -0.1) is 0 Å². The number of nitrogens with zero attached hydrogens (tertiary/aromatic N) is 4. The highest BCUT2D eigenvalue weighted by Crippen LogP contribution is 2.40. The van der Waals surface area contributed by atoms with E-state index in [0.717, 1.165) is 32.5 Å². The van der Waals surface area contributed by atoms with Crippen LogP contribution in [0.1, 0.15) is 40.0 Å². The molecule has 2 rings (SSSR count). The second kappa shape index (κ2) is 5.91. The lowest BCUT2D eigenvalue weighted by atomic mass is 9.84. The van der Waals surface area contributed by atoms with Gasteiger partial charge in [-0.1, -0.05) is 6.92 Å². The molecule has 0 radical (unpaired) electrons. The van der Waals surface area contributed by atoms with Crippen molar-refractivity contribution in [1.82, 2.24) is 9.80 Å². The molecule has 1 spiro atoms. The predicted octanol–water partition coefficient (Wildman–Crippen LogP) is 1.46. The molecule has 6 nitrogen and oxygen atoms in total. The molecule has 0 aromatic heterocycles. The van der Waals surface area contributed by atoms with Gasteiger partial charge < -0.3 is 10.6 Å². The average Bonchev–Trinajstić information content (AvgIpc) is 2.84. The van der Waals surface area contributed by atoms with E-state index in [9.17, 15) is 4.79 Å². The van der Waals surface area contributed by atoms with E-state index < -0.39 is 0 Å². The highest BCUT2D eigenvalue weighted by Gasteiger charge is 2.51. The fourth-order valence-electron chi connectivity index (χ4n) is 2.90. The van der Waals surface area contributed by atoms with Crippen LogP contribution in [0.25, 0.3) is 0 Å². The van der Waals surface area contributed by atoms with Crippen molar-refractivity contribution in [2.45, 2.75) is 51.6 Å². The molecular weight excluding hydrogens is 254 g/mol. The van der Waals surface area contributed by atoms with Gasteiger partial charge in [0.2, 0.25) is 0 Å². The molecule has 2 saturated heterocycles. The maximum absolute atomic E-state index is 12.1. The van der Waals surface area contributed by atoms with E-state index in [-0.39, 0.29) is 11.6 Å². The summed E-state index contributed by atoms with van der Waals surface area (Å²) in [6.07, 6.45) is 4.07. The Bertz CT molecular complexity index is 431. The van der Waals surface area contributed by atoms with Gasteiger partial charge >= 0.3 is 6.03 Å². The Morgan fingerprint density at radius 2 is 2.10 bits per heavy atom. The fraction of sp³-hybridized carbons (Fsp3) is 0.786. The van der Waals surface area contributed by atoms with Gasteiger partial charge in [0.1, 0.15) is 12.2 Å². The summed E-state index contributed by atoms with van der Waals surface area (Å²) in [5.74, 6) is 0.492. The first kappa shape index (κ1) is 15.0.